The van der Waals surface area contributed by atoms with E-state index in [0.29, 0.717) is 41.8 Å². The van der Waals surface area contributed by atoms with E-state index < -0.39 is 0 Å². The molecule has 1 amide bonds. The van der Waals surface area contributed by atoms with E-state index >= 15 is 0 Å². The van der Waals surface area contributed by atoms with Gasteiger partial charge in [-0.3, -0.25) is 9.48 Å². The van der Waals surface area contributed by atoms with Crippen molar-refractivity contribution in [3.8, 4) is 11.6 Å². The molecule has 0 bridgehead atoms. The topological polar surface area (TPSA) is 69.5 Å². The van der Waals surface area contributed by atoms with Gasteiger partial charge >= 0.3 is 0 Å². The van der Waals surface area contributed by atoms with Crippen molar-refractivity contribution in [2.75, 3.05) is 18.6 Å². The van der Waals surface area contributed by atoms with E-state index in [1.807, 2.05) is 0 Å². The van der Waals surface area contributed by atoms with Gasteiger partial charge < -0.3 is 14.4 Å². The van der Waals surface area contributed by atoms with Crippen LogP contribution in [0.2, 0.25) is 0 Å². The number of pyridine rings is 1. The Morgan fingerprint density at radius 3 is 2.74 bits per heavy atom. The largest absolute Gasteiger partial charge is 0.497 e. The molecule has 1 aliphatic rings. The van der Waals surface area contributed by atoms with Gasteiger partial charge in [0.2, 0.25) is 5.88 Å². The van der Waals surface area contributed by atoms with E-state index in [2.05, 4.69) is 10.1 Å². The van der Waals surface area contributed by atoms with Crippen LogP contribution in [0.25, 0.3) is 0 Å². The molecule has 7 nitrogen and oxygen atoms in total. The van der Waals surface area contributed by atoms with Crippen molar-refractivity contribution >= 4 is 11.6 Å². The van der Waals surface area contributed by atoms with Crippen LogP contribution in [-0.2, 0) is 13.2 Å². The third-order valence-corrected chi connectivity index (χ3v) is 4.28. The molecule has 0 radical (unpaired) electrons. The van der Waals surface area contributed by atoms with E-state index in [1.54, 1.807) is 53.2 Å². The van der Waals surface area contributed by atoms with E-state index in [-0.39, 0.29) is 18.3 Å². The van der Waals surface area contributed by atoms with Gasteiger partial charge in [-0.25, -0.2) is 9.37 Å². The Morgan fingerprint density at radius 2 is 1.96 bits per heavy atom. The van der Waals surface area contributed by atoms with Gasteiger partial charge in [-0.05, 0) is 36.4 Å². The molecule has 1 aliphatic heterocycles. The molecule has 27 heavy (non-hydrogen) atoms. The normalized spacial score (nSPS) is 13.4. The molecule has 0 saturated carbocycles. The summed E-state index contributed by atoms with van der Waals surface area (Å²) in [5.74, 6) is 0.554. The molecular formula is C19H17FN4O3. The van der Waals surface area contributed by atoms with E-state index in [9.17, 15) is 9.18 Å². The minimum absolute atomic E-state index is 0.175. The number of nitrogens with zero attached hydrogens (tertiary/aromatic N) is 4. The highest BCUT2D eigenvalue weighted by atomic mass is 19.1. The Kier molecular flexibility index (Phi) is 4.45. The summed E-state index contributed by atoms with van der Waals surface area (Å²) in [6.45, 7) is 1.21. The molecule has 0 unspecified atom stereocenters. The Morgan fingerprint density at radius 1 is 1.15 bits per heavy atom. The molecule has 0 spiro atoms. The molecule has 3 aromatic rings. The van der Waals surface area contributed by atoms with Crippen molar-refractivity contribution in [3.05, 3.63) is 65.9 Å². The Bertz CT molecular complexity index is 971. The highest BCUT2D eigenvalue weighted by Gasteiger charge is 2.27. The second-order valence-corrected chi connectivity index (χ2v) is 6.00. The summed E-state index contributed by atoms with van der Waals surface area (Å²) in [6, 6.07) is 11.0. The molecular weight excluding hydrogens is 351 g/mol. The minimum atomic E-state index is -0.334. The number of halogens is 1. The number of hydrogen-bond acceptors (Lipinski definition) is 5. The lowest BCUT2D eigenvalue weighted by atomic mass is 10.2. The summed E-state index contributed by atoms with van der Waals surface area (Å²) in [5.41, 5.74) is 1.76. The number of carbonyl (C=O) groups excluding carboxylic acids is 1. The number of amides is 1. The first-order valence-electron chi connectivity index (χ1n) is 8.41. The monoisotopic (exact) mass is 368 g/mol. The average molecular weight is 368 g/mol. The SMILES string of the molecule is COc1ccnc(OCc2cc3n(n2)CCN(c2ccc(F)cc2)C3=O)c1. The molecule has 1 aromatic carbocycles. The first kappa shape index (κ1) is 17.0. The number of fused-ring (bicyclic) bond motifs is 1. The summed E-state index contributed by atoms with van der Waals surface area (Å²) in [7, 11) is 1.57. The van der Waals surface area contributed by atoms with Crippen LogP contribution in [0.1, 0.15) is 16.2 Å². The molecule has 0 saturated heterocycles. The number of hydrogen-bond donors (Lipinski definition) is 0. The maximum Gasteiger partial charge on any atom is 0.276 e. The number of rotatable bonds is 5. The first-order valence-corrected chi connectivity index (χ1v) is 8.41. The van der Waals surface area contributed by atoms with Crippen LogP contribution in [0.4, 0.5) is 10.1 Å². The lowest BCUT2D eigenvalue weighted by molar-refractivity contribution is 0.0962. The lowest BCUT2D eigenvalue weighted by Gasteiger charge is -2.27. The summed E-state index contributed by atoms with van der Waals surface area (Å²) in [4.78, 5) is 18.5. The maximum absolute atomic E-state index is 13.1. The van der Waals surface area contributed by atoms with Crippen LogP contribution in [0.3, 0.4) is 0 Å². The number of methoxy groups -OCH3 is 1. The van der Waals surface area contributed by atoms with Gasteiger partial charge in [0.1, 0.15) is 29.6 Å². The number of carbonyl (C=O) groups is 1. The number of aromatic nitrogens is 3. The van der Waals surface area contributed by atoms with Crippen molar-refractivity contribution in [2.24, 2.45) is 0 Å². The van der Waals surface area contributed by atoms with Crippen LogP contribution in [0, 0.1) is 5.82 Å². The Balaban J connectivity index is 1.49. The molecule has 8 heteroatoms. The molecule has 0 atom stereocenters. The highest BCUT2D eigenvalue weighted by molar-refractivity contribution is 6.05. The van der Waals surface area contributed by atoms with Crippen LogP contribution >= 0.6 is 0 Å². The second-order valence-electron chi connectivity index (χ2n) is 6.00. The molecule has 0 aliphatic carbocycles. The zero-order valence-corrected chi connectivity index (χ0v) is 14.6. The van der Waals surface area contributed by atoms with Gasteiger partial charge in [-0.1, -0.05) is 0 Å². The van der Waals surface area contributed by atoms with Crippen LogP contribution < -0.4 is 14.4 Å². The molecule has 0 N–H and O–H groups in total. The zero-order valence-electron chi connectivity index (χ0n) is 14.6. The summed E-state index contributed by atoms with van der Waals surface area (Å²) in [5, 5.41) is 4.43. The summed E-state index contributed by atoms with van der Waals surface area (Å²) in [6.07, 6.45) is 1.59. The molecule has 4 rings (SSSR count). The summed E-state index contributed by atoms with van der Waals surface area (Å²) < 4.78 is 25.6. The zero-order chi connectivity index (χ0) is 18.8. The van der Waals surface area contributed by atoms with Crippen LogP contribution in [-0.4, -0.2) is 34.3 Å². The molecule has 138 valence electrons. The molecule has 3 heterocycles. The number of anilines is 1. The quantitative estimate of drug-likeness (QED) is 0.693. The van der Waals surface area contributed by atoms with Gasteiger partial charge in [-0.15, -0.1) is 0 Å². The van der Waals surface area contributed by atoms with Crippen molar-refractivity contribution in [1.29, 1.82) is 0 Å². The smallest absolute Gasteiger partial charge is 0.276 e. The number of ether oxygens (including phenoxy) is 2. The van der Waals surface area contributed by atoms with Crippen molar-refractivity contribution in [1.82, 2.24) is 14.8 Å². The fourth-order valence-electron chi connectivity index (χ4n) is 2.93. The third kappa shape index (κ3) is 3.46. The lowest BCUT2D eigenvalue weighted by Crippen LogP contribution is -2.40. The minimum Gasteiger partial charge on any atom is -0.497 e. The van der Waals surface area contributed by atoms with Crippen molar-refractivity contribution in [2.45, 2.75) is 13.2 Å². The fourth-order valence-corrected chi connectivity index (χ4v) is 2.93. The fraction of sp³-hybridized carbons (Fsp3) is 0.211. The van der Waals surface area contributed by atoms with Crippen molar-refractivity contribution < 1.29 is 18.7 Å². The third-order valence-electron chi connectivity index (χ3n) is 4.28. The van der Waals surface area contributed by atoms with Crippen LogP contribution in [0.5, 0.6) is 11.6 Å². The van der Waals surface area contributed by atoms with Crippen molar-refractivity contribution in [3.63, 3.8) is 0 Å². The predicted octanol–water partition coefficient (Wildman–Crippen LogP) is 2.67. The van der Waals surface area contributed by atoms with E-state index in [0.717, 1.165) is 0 Å². The van der Waals surface area contributed by atoms with Gasteiger partial charge in [0, 0.05) is 24.5 Å². The average Bonchev–Trinajstić information content (AvgIpc) is 3.12. The van der Waals surface area contributed by atoms with E-state index in [4.69, 9.17) is 9.47 Å². The maximum atomic E-state index is 13.1. The molecule has 0 fully saturated rings. The summed E-state index contributed by atoms with van der Waals surface area (Å²) >= 11 is 0. The Labute approximate surface area is 155 Å². The second kappa shape index (κ2) is 7.06. The van der Waals surface area contributed by atoms with Gasteiger partial charge in [0.25, 0.3) is 5.91 Å². The Hall–Kier alpha value is -3.42. The van der Waals surface area contributed by atoms with Gasteiger partial charge in [-0.2, -0.15) is 5.10 Å². The first-order chi connectivity index (χ1) is 13.1. The van der Waals surface area contributed by atoms with Gasteiger partial charge in [0.15, 0.2) is 0 Å². The molecule has 2 aromatic heterocycles. The number of benzene rings is 1. The van der Waals surface area contributed by atoms with Crippen LogP contribution in [0.15, 0.2) is 48.7 Å². The standard InChI is InChI=1S/C19H17FN4O3/c1-26-16-6-7-21-18(11-16)27-12-14-10-17-19(25)23(8-9-24(17)22-14)15-4-2-13(20)3-5-15/h2-7,10-11H,8-9,12H2,1H3. The predicted molar refractivity (Wildman–Crippen MR) is 95.4 cm³/mol. The van der Waals surface area contributed by atoms with E-state index in [1.165, 1.54) is 12.1 Å². The highest BCUT2D eigenvalue weighted by Crippen LogP contribution is 2.22. The van der Waals surface area contributed by atoms with Gasteiger partial charge in [0.05, 0.1) is 13.7 Å².